The van der Waals surface area contributed by atoms with Gasteiger partial charge in [0.05, 0.1) is 12.2 Å². The molecule has 5 nitrogen and oxygen atoms in total. The predicted molar refractivity (Wildman–Crippen MR) is 67.6 cm³/mol. The van der Waals surface area contributed by atoms with Gasteiger partial charge in [-0.15, -0.1) is 6.58 Å². The third-order valence-electron chi connectivity index (χ3n) is 2.36. The molecule has 1 rings (SSSR count). The van der Waals surface area contributed by atoms with Crippen LogP contribution >= 0.6 is 0 Å². The average molecular weight is 236 g/mol. The quantitative estimate of drug-likeness (QED) is 0.538. The van der Waals surface area contributed by atoms with Gasteiger partial charge in [0.25, 0.3) is 0 Å². The highest BCUT2D eigenvalue weighted by atomic mass is 16.1. The summed E-state index contributed by atoms with van der Waals surface area (Å²) >= 11 is 0. The van der Waals surface area contributed by atoms with Crippen LogP contribution < -0.4 is 10.6 Å². The first-order valence-corrected chi connectivity index (χ1v) is 5.72. The third-order valence-corrected chi connectivity index (χ3v) is 2.36. The molecular weight excluding hydrogens is 216 g/mol. The number of amides is 1. The molecule has 1 amide bonds. The van der Waals surface area contributed by atoms with Crippen LogP contribution in [0.3, 0.4) is 0 Å². The summed E-state index contributed by atoms with van der Waals surface area (Å²) in [5.41, 5.74) is 2.20. The lowest BCUT2D eigenvalue weighted by atomic mass is 10.2. The Morgan fingerprint density at radius 3 is 3.00 bits per heavy atom. The van der Waals surface area contributed by atoms with Gasteiger partial charge in [0.1, 0.15) is 0 Å². The van der Waals surface area contributed by atoms with Gasteiger partial charge in [-0.25, -0.2) is 0 Å². The highest BCUT2D eigenvalue weighted by Gasteiger charge is 2.03. The number of aryl methyl sites for hydroxylation is 1. The molecule has 17 heavy (non-hydrogen) atoms. The average Bonchev–Trinajstić information content (AvgIpc) is 2.59. The number of nitrogens with zero attached hydrogens (tertiary/aromatic N) is 2. The van der Waals surface area contributed by atoms with Crippen LogP contribution in [0.4, 0.5) is 0 Å². The van der Waals surface area contributed by atoms with Gasteiger partial charge in [-0.05, 0) is 6.92 Å². The number of rotatable bonds is 7. The zero-order valence-electron chi connectivity index (χ0n) is 10.5. The molecule has 0 unspecified atom stereocenters. The van der Waals surface area contributed by atoms with Crippen molar-refractivity contribution in [3.8, 4) is 0 Å². The lowest BCUT2D eigenvalue weighted by molar-refractivity contribution is -0.118. The van der Waals surface area contributed by atoms with Crippen LogP contribution in [0.5, 0.6) is 0 Å². The van der Waals surface area contributed by atoms with Gasteiger partial charge in [0.2, 0.25) is 5.91 Å². The maximum Gasteiger partial charge on any atom is 0.216 e. The summed E-state index contributed by atoms with van der Waals surface area (Å²) in [6, 6.07) is 0. The highest BCUT2D eigenvalue weighted by Crippen LogP contribution is 2.04. The molecule has 2 N–H and O–H groups in total. The number of hydrogen-bond donors (Lipinski definition) is 2. The van der Waals surface area contributed by atoms with E-state index in [1.54, 1.807) is 0 Å². The van der Waals surface area contributed by atoms with Gasteiger partial charge in [0, 0.05) is 38.3 Å². The van der Waals surface area contributed by atoms with Gasteiger partial charge < -0.3 is 10.6 Å². The third kappa shape index (κ3) is 4.82. The molecule has 94 valence electrons. The van der Waals surface area contributed by atoms with E-state index >= 15 is 0 Å². The molecule has 0 saturated heterocycles. The van der Waals surface area contributed by atoms with Crippen molar-refractivity contribution in [2.24, 2.45) is 0 Å². The zero-order chi connectivity index (χ0) is 12.7. The van der Waals surface area contributed by atoms with E-state index in [9.17, 15) is 4.79 Å². The summed E-state index contributed by atoms with van der Waals surface area (Å²) in [6.45, 7) is 10.1. The Morgan fingerprint density at radius 2 is 2.35 bits per heavy atom. The van der Waals surface area contributed by atoms with Crippen LogP contribution in [-0.2, 0) is 17.9 Å². The summed E-state index contributed by atoms with van der Waals surface area (Å²) in [5.74, 6) is 0.00165. The molecule has 5 heteroatoms. The maximum atomic E-state index is 10.6. The number of aromatic nitrogens is 2. The Bertz CT molecular complexity index is 384. The van der Waals surface area contributed by atoms with Crippen LogP contribution in [-0.4, -0.2) is 28.8 Å². The maximum absolute atomic E-state index is 10.6. The lowest BCUT2D eigenvalue weighted by Gasteiger charge is -2.04. The largest absolute Gasteiger partial charge is 0.355 e. The molecule has 0 fully saturated rings. The second-order valence-corrected chi connectivity index (χ2v) is 3.91. The van der Waals surface area contributed by atoms with Crippen molar-refractivity contribution in [1.29, 1.82) is 0 Å². The van der Waals surface area contributed by atoms with E-state index in [-0.39, 0.29) is 5.91 Å². The molecule has 1 heterocycles. The van der Waals surface area contributed by atoms with Crippen LogP contribution in [0.1, 0.15) is 18.2 Å². The first-order valence-electron chi connectivity index (χ1n) is 5.72. The van der Waals surface area contributed by atoms with Crippen LogP contribution in [0.2, 0.25) is 0 Å². The topological polar surface area (TPSA) is 59.0 Å². The number of nitrogens with one attached hydrogen (secondary N) is 2. The van der Waals surface area contributed by atoms with Crippen LogP contribution in [0, 0.1) is 6.92 Å². The van der Waals surface area contributed by atoms with Gasteiger partial charge in [-0.1, -0.05) is 6.08 Å². The molecule has 0 aromatic carbocycles. The zero-order valence-corrected chi connectivity index (χ0v) is 10.5. The SMILES string of the molecule is C=CCn1cc(CNCCNC(C)=O)c(C)n1. The standard InChI is InChI=1S/C12H20N4O/c1-4-7-16-9-12(10(2)15-16)8-13-5-6-14-11(3)17/h4,9,13H,1,5-8H2,2-3H3,(H,14,17). The molecule has 0 aliphatic carbocycles. The summed E-state index contributed by atoms with van der Waals surface area (Å²) in [7, 11) is 0. The van der Waals surface area contributed by atoms with Crippen LogP contribution in [0.15, 0.2) is 18.9 Å². The van der Waals surface area contributed by atoms with Crippen molar-refractivity contribution in [2.45, 2.75) is 26.9 Å². The predicted octanol–water partition coefficient (Wildman–Crippen LogP) is 0.603. The first-order chi connectivity index (χ1) is 8.13. The van der Waals surface area contributed by atoms with E-state index in [2.05, 4.69) is 22.3 Å². The molecular formula is C12H20N4O. The monoisotopic (exact) mass is 236 g/mol. The van der Waals surface area contributed by atoms with E-state index in [4.69, 9.17) is 0 Å². The van der Waals surface area contributed by atoms with Crippen molar-refractivity contribution in [3.05, 3.63) is 30.1 Å². The minimum atomic E-state index is 0.00165. The number of hydrogen-bond acceptors (Lipinski definition) is 3. The first kappa shape index (κ1) is 13.4. The van der Waals surface area contributed by atoms with Crippen molar-refractivity contribution >= 4 is 5.91 Å². The summed E-state index contributed by atoms with van der Waals surface area (Å²) in [6.07, 6.45) is 3.84. The van der Waals surface area contributed by atoms with E-state index in [1.807, 2.05) is 23.9 Å². The molecule has 0 aliphatic rings. The van der Waals surface area contributed by atoms with Crippen molar-refractivity contribution in [2.75, 3.05) is 13.1 Å². The van der Waals surface area contributed by atoms with E-state index in [0.717, 1.165) is 25.3 Å². The fourth-order valence-electron chi connectivity index (χ4n) is 1.51. The van der Waals surface area contributed by atoms with E-state index in [0.29, 0.717) is 6.54 Å². The molecule has 1 aromatic heterocycles. The Hall–Kier alpha value is -1.62. The molecule has 0 radical (unpaired) electrons. The van der Waals surface area contributed by atoms with E-state index < -0.39 is 0 Å². The molecule has 0 bridgehead atoms. The molecule has 0 saturated carbocycles. The number of allylic oxidation sites excluding steroid dienone is 1. The summed E-state index contributed by atoms with van der Waals surface area (Å²) < 4.78 is 1.87. The van der Waals surface area contributed by atoms with Gasteiger partial charge >= 0.3 is 0 Å². The molecule has 1 aromatic rings. The van der Waals surface area contributed by atoms with Gasteiger partial charge in [-0.3, -0.25) is 9.48 Å². The number of carbonyl (C=O) groups excluding carboxylic acids is 1. The fourth-order valence-corrected chi connectivity index (χ4v) is 1.51. The molecule has 0 aliphatic heterocycles. The van der Waals surface area contributed by atoms with E-state index in [1.165, 1.54) is 12.5 Å². The minimum Gasteiger partial charge on any atom is -0.355 e. The van der Waals surface area contributed by atoms with Crippen molar-refractivity contribution in [1.82, 2.24) is 20.4 Å². The van der Waals surface area contributed by atoms with Gasteiger partial charge in [0.15, 0.2) is 0 Å². The summed E-state index contributed by atoms with van der Waals surface area (Å²) in [4.78, 5) is 10.6. The Balaban J connectivity index is 2.31. The normalized spacial score (nSPS) is 10.2. The fraction of sp³-hybridized carbons (Fsp3) is 0.500. The molecule has 0 atom stereocenters. The Kier molecular flexibility index (Phi) is 5.42. The van der Waals surface area contributed by atoms with Crippen molar-refractivity contribution in [3.63, 3.8) is 0 Å². The van der Waals surface area contributed by atoms with Gasteiger partial charge in [-0.2, -0.15) is 5.10 Å². The minimum absolute atomic E-state index is 0.00165. The molecule has 0 spiro atoms. The smallest absolute Gasteiger partial charge is 0.216 e. The number of carbonyl (C=O) groups is 1. The Labute approximate surface area is 102 Å². The van der Waals surface area contributed by atoms with Crippen LogP contribution in [0.25, 0.3) is 0 Å². The lowest BCUT2D eigenvalue weighted by Crippen LogP contribution is -2.29. The van der Waals surface area contributed by atoms with Crippen molar-refractivity contribution < 1.29 is 4.79 Å². The highest BCUT2D eigenvalue weighted by molar-refractivity contribution is 5.72. The summed E-state index contributed by atoms with van der Waals surface area (Å²) in [5, 5.41) is 10.4. The Morgan fingerprint density at radius 1 is 1.59 bits per heavy atom. The second kappa shape index (κ2) is 6.85. The second-order valence-electron chi connectivity index (χ2n) is 3.91.